The van der Waals surface area contributed by atoms with E-state index < -0.39 is 0 Å². The first-order chi connectivity index (χ1) is 7.58. The van der Waals surface area contributed by atoms with Gasteiger partial charge in [0.05, 0.1) is 0 Å². The molecule has 0 aromatic heterocycles. The predicted molar refractivity (Wildman–Crippen MR) is 68.6 cm³/mol. The van der Waals surface area contributed by atoms with Crippen LogP contribution in [0.1, 0.15) is 40.0 Å². The number of hydrogen-bond acceptors (Lipinski definition) is 3. The minimum Gasteiger partial charge on any atom is -0.396 e. The monoisotopic (exact) mass is 228 g/mol. The van der Waals surface area contributed by atoms with E-state index in [0.29, 0.717) is 30.7 Å². The zero-order valence-corrected chi connectivity index (χ0v) is 11.2. The molecule has 2 N–H and O–H groups in total. The largest absolute Gasteiger partial charge is 0.396 e. The fourth-order valence-electron chi connectivity index (χ4n) is 2.64. The topological polar surface area (TPSA) is 35.5 Å². The van der Waals surface area contributed by atoms with Crippen LogP contribution in [0.5, 0.6) is 0 Å². The van der Waals surface area contributed by atoms with Crippen LogP contribution in [0.2, 0.25) is 0 Å². The van der Waals surface area contributed by atoms with Crippen molar-refractivity contribution in [3.8, 4) is 0 Å². The van der Waals surface area contributed by atoms with Gasteiger partial charge in [-0.25, -0.2) is 0 Å². The van der Waals surface area contributed by atoms with Gasteiger partial charge in [0.25, 0.3) is 0 Å². The zero-order chi connectivity index (χ0) is 12.1. The highest BCUT2D eigenvalue weighted by molar-refractivity contribution is 4.87. The molecule has 0 radical (unpaired) electrons. The van der Waals surface area contributed by atoms with Crippen molar-refractivity contribution < 1.29 is 5.11 Å². The van der Waals surface area contributed by atoms with E-state index in [1.165, 1.54) is 13.0 Å². The second kappa shape index (κ2) is 6.58. The van der Waals surface area contributed by atoms with Gasteiger partial charge in [0, 0.05) is 31.3 Å². The molecular formula is C13H28N2O. The Bertz CT molecular complexity index is 198. The maximum Gasteiger partial charge on any atom is 0.0445 e. The smallest absolute Gasteiger partial charge is 0.0445 e. The van der Waals surface area contributed by atoms with E-state index in [4.69, 9.17) is 5.11 Å². The fraction of sp³-hybridized carbons (Fsp3) is 1.00. The van der Waals surface area contributed by atoms with Crippen LogP contribution in [0.3, 0.4) is 0 Å². The number of aliphatic hydroxyl groups is 1. The lowest BCUT2D eigenvalue weighted by molar-refractivity contribution is 0.111. The maximum atomic E-state index is 9.01. The van der Waals surface area contributed by atoms with Gasteiger partial charge < -0.3 is 15.3 Å². The van der Waals surface area contributed by atoms with Gasteiger partial charge in [-0.05, 0) is 39.2 Å². The van der Waals surface area contributed by atoms with Gasteiger partial charge in [0.2, 0.25) is 0 Å². The lowest BCUT2D eigenvalue weighted by atomic mass is 9.89. The van der Waals surface area contributed by atoms with Crippen molar-refractivity contribution in [3.63, 3.8) is 0 Å². The molecule has 3 nitrogen and oxygen atoms in total. The zero-order valence-electron chi connectivity index (χ0n) is 11.2. The molecule has 0 amide bonds. The van der Waals surface area contributed by atoms with Crippen molar-refractivity contribution >= 4 is 0 Å². The molecule has 0 spiro atoms. The Morgan fingerprint density at radius 2 is 2.12 bits per heavy atom. The molecule has 0 aromatic carbocycles. The average molecular weight is 228 g/mol. The third-order valence-corrected chi connectivity index (χ3v) is 4.03. The number of piperidine rings is 1. The summed E-state index contributed by atoms with van der Waals surface area (Å²) in [7, 11) is 2.21. The molecule has 16 heavy (non-hydrogen) atoms. The van der Waals surface area contributed by atoms with Crippen LogP contribution in [0.25, 0.3) is 0 Å². The number of rotatable bonds is 5. The second-order valence-electron chi connectivity index (χ2n) is 5.39. The van der Waals surface area contributed by atoms with Crippen LogP contribution in [-0.4, -0.2) is 48.3 Å². The van der Waals surface area contributed by atoms with Gasteiger partial charge in [0.1, 0.15) is 0 Å². The van der Waals surface area contributed by atoms with Gasteiger partial charge >= 0.3 is 0 Å². The summed E-state index contributed by atoms with van der Waals surface area (Å²) in [6, 6.07) is 1.76. The lowest BCUT2D eigenvalue weighted by Crippen LogP contribution is -2.53. The molecule has 1 saturated heterocycles. The van der Waals surface area contributed by atoms with E-state index in [1.807, 2.05) is 0 Å². The molecule has 0 bridgehead atoms. The highest BCUT2D eigenvalue weighted by Gasteiger charge is 2.29. The standard InChI is InChI=1S/C13H28N2O/c1-5-12(6-7-16)14-13-8-11(3)15(4)9-10(13)2/h10-14,16H,5-9H2,1-4H3. The highest BCUT2D eigenvalue weighted by Crippen LogP contribution is 2.21. The Kier molecular flexibility index (Phi) is 5.73. The second-order valence-corrected chi connectivity index (χ2v) is 5.39. The molecular weight excluding hydrogens is 200 g/mol. The first-order valence-electron chi connectivity index (χ1n) is 6.65. The van der Waals surface area contributed by atoms with E-state index in [9.17, 15) is 0 Å². The van der Waals surface area contributed by atoms with Crippen molar-refractivity contribution in [2.24, 2.45) is 5.92 Å². The van der Waals surface area contributed by atoms with Gasteiger partial charge in [0.15, 0.2) is 0 Å². The minimum atomic E-state index is 0.294. The Morgan fingerprint density at radius 3 is 2.69 bits per heavy atom. The summed E-state index contributed by atoms with van der Waals surface area (Å²) in [4.78, 5) is 2.44. The summed E-state index contributed by atoms with van der Waals surface area (Å²) in [6.45, 7) is 8.28. The maximum absolute atomic E-state index is 9.01. The predicted octanol–water partition coefficient (Wildman–Crippen LogP) is 1.47. The summed E-state index contributed by atoms with van der Waals surface area (Å²) in [5, 5.41) is 12.7. The van der Waals surface area contributed by atoms with Crippen molar-refractivity contribution in [2.45, 2.75) is 58.2 Å². The molecule has 3 heteroatoms. The molecule has 96 valence electrons. The van der Waals surface area contributed by atoms with Gasteiger partial charge in [-0.1, -0.05) is 13.8 Å². The van der Waals surface area contributed by atoms with Crippen LogP contribution in [0.4, 0.5) is 0 Å². The molecule has 4 atom stereocenters. The number of nitrogens with one attached hydrogen (secondary N) is 1. The quantitative estimate of drug-likeness (QED) is 0.748. The minimum absolute atomic E-state index is 0.294. The molecule has 0 aromatic rings. The van der Waals surface area contributed by atoms with Gasteiger partial charge in [-0.15, -0.1) is 0 Å². The molecule has 1 heterocycles. The van der Waals surface area contributed by atoms with E-state index >= 15 is 0 Å². The SMILES string of the molecule is CCC(CCO)NC1CC(C)N(C)CC1C. The molecule has 0 saturated carbocycles. The van der Waals surface area contributed by atoms with Gasteiger partial charge in [-0.3, -0.25) is 0 Å². The Hall–Kier alpha value is -0.120. The fourth-order valence-corrected chi connectivity index (χ4v) is 2.64. The first-order valence-corrected chi connectivity index (χ1v) is 6.65. The Labute approximate surface area is 100 Å². The number of likely N-dealkylation sites (tertiary alicyclic amines) is 1. The average Bonchev–Trinajstić information content (AvgIpc) is 2.25. The van der Waals surface area contributed by atoms with Crippen LogP contribution in [0.15, 0.2) is 0 Å². The van der Waals surface area contributed by atoms with Gasteiger partial charge in [-0.2, -0.15) is 0 Å². The number of hydrogen-bond donors (Lipinski definition) is 2. The normalized spacial score (nSPS) is 33.9. The van der Waals surface area contributed by atoms with Crippen LogP contribution in [-0.2, 0) is 0 Å². The summed E-state index contributed by atoms with van der Waals surface area (Å²) >= 11 is 0. The third kappa shape index (κ3) is 3.72. The first kappa shape index (κ1) is 13.9. The summed E-state index contributed by atoms with van der Waals surface area (Å²) < 4.78 is 0. The molecule has 4 unspecified atom stereocenters. The molecule has 1 aliphatic rings. The van der Waals surface area contributed by atoms with Crippen LogP contribution >= 0.6 is 0 Å². The lowest BCUT2D eigenvalue weighted by Gasteiger charge is -2.41. The van der Waals surface area contributed by atoms with Crippen molar-refractivity contribution in [3.05, 3.63) is 0 Å². The van der Waals surface area contributed by atoms with Crippen LogP contribution in [0, 0.1) is 5.92 Å². The van der Waals surface area contributed by atoms with E-state index in [0.717, 1.165) is 12.8 Å². The van der Waals surface area contributed by atoms with E-state index in [2.05, 4.69) is 38.0 Å². The summed E-state index contributed by atoms with van der Waals surface area (Å²) in [5.74, 6) is 0.703. The molecule has 1 fully saturated rings. The van der Waals surface area contributed by atoms with E-state index in [-0.39, 0.29) is 0 Å². The molecule has 1 rings (SSSR count). The van der Waals surface area contributed by atoms with Crippen LogP contribution < -0.4 is 5.32 Å². The van der Waals surface area contributed by atoms with Crippen molar-refractivity contribution in [1.29, 1.82) is 0 Å². The summed E-state index contributed by atoms with van der Waals surface area (Å²) in [6.07, 6.45) is 3.21. The van der Waals surface area contributed by atoms with Crippen molar-refractivity contribution in [2.75, 3.05) is 20.2 Å². The summed E-state index contributed by atoms with van der Waals surface area (Å²) in [5.41, 5.74) is 0. The Morgan fingerprint density at radius 1 is 1.44 bits per heavy atom. The molecule has 0 aliphatic carbocycles. The van der Waals surface area contributed by atoms with Crippen molar-refractivity contribution in [1.82, 2.24) is 10.2 Å². The Balaban J connectivity index is 2.45. The number of aliphatic hydroxyl groups excluding tert-OH is 1. The molecule has 1 aliphatic heterocycles. The van der Waals surface area contributed by atoms with E-state index in [1.54, 1.807) is 0 Å². The highest BCUT2D eigenvalue weighted by atomic mass is 16.3. The third-order valence-electron chi connectivity index (χ3n) is 4.03. The number of nitrogens with zero attached hydrogens (tertiary/aromatic N) is 1.